The van der Waals surface area contributed by atoms with E-state index in [0.29, 0.717) is 6.54 Å². The van der Waals surface area contributed by atoms with Crippen molar-refractivity contribution >= 4 is 28.8 Å². The number of nitrogens with one attached hydrogen (secondary N) is 2. The number of nitrogens with zero attached hydrogens (tertiary/aromatic N) is 1. The second-order valence-corrected chi connectivity index (χ2v) is 7.30. The number of aryl methyl sites for hydroxylation is 1. The first kappa shape index (κ1) is 20.1. The van der Waals surface area contributed by atoms with E-state index in [9.17, 15) is 9.59 Å². The summed E-state index contributed by atoms with van der Waals surface area (Å²) in [5, 5.41) is 7.90. The lowest BCUT2D eigenvalue weighted by atomic mass is 10.1. The number of rotatable bonds is 9. The largest absolute Gasteiger partial charge is 0.354 e. The number of hydrogen-bond acceptors (Lipinski definition) is 4. The monoisotopic (exact) mass is 373 g/mol. The molecule has 1 aromatic carbocycles. The van der Waals surface area contributed by atoms with Crippen LogP contribution in [-0.4, -0.2) is 42.9 Å². The molecule has 0 aliphatic rings. The Labute approximate surface area is 159 Å². The van der Waals surface area contributed by atoms with Crippen LogP contribution in [0.15, 0.2) is 41.8 Å². The maximum atomic E-state index is 12.3. The van der Waals surface area contributed by atoms with Crippen LogP contribution in [0.2, 0.25) is 0 Å². The van der Waals surface area contributed by atoms with Crippen LogP contribution in [-0.2, 0) is 22.4 Å². The molecule has 0 saturated heterocycles. The highest BCUT2D eigenvalue weighted by Gasteiger charge is 2.20. The molecule has 140 valence electrons. The molecule has 26 heavy (non-hydrogen) atoms. The summed E-state index contributed by atoms with van der Waals surface area (Å²) < 4.78 is 0. The van der Waals surface area contributed by atoms with E-state index in [-0.39, 0.29) is 24.4 Å². The van der Waals surface area contributed by atoms with Crippen molar-refractivity contribution in [2.75, 3.05) is 25.5 Å². The van der Waals surface area contributed by atoms with Crippen LogP contribution in [0.25, 0.3) is 0 Å². The van der Waals surface area contributed by atoms with E-state index in [4.69, 9.17) is 0 Å². The van der Waals surface area contributed by atoms with E-state index in [2.05, 4.69) is 23.6 Å². The van der Waals surface area contributed by atoms with Gasteiger partial charge in [0.25, 0.3) is 0 Å². The predicted molar refractivity (Wildman–Crippen MR) is 108 cm³/mol. The van der Waals surface area contributed by atoms with Crippen LogP contribution in [0.4, 0.5) is 5.69 Å². The number of amides is 2. The summed E-state index contributed by atoms with van der Waals surface area (Å²) in [6, 6.07) is 11.5. The van der Waals surface area contributed by atoms with Crippen LogP contribution in [0.5, 0.6) is 0 Å². The SMILES string of the molecule is CCc1ccccc1NC(=O)CN(C)[C@H](C)C(=O)NCCc1cccs1. The molecule has 2 N–H and O–H groups in total. The van der Waals surface area contributed by atoms with Crippen molar-refractivity contribution in [3.8, 4) is 0 Å². The standard InChI is InChI=1S/C20H27N3O2S/c1-4-16-8-5-6-10-18(16)22-19(24)14-23(3)15(2)20(25)21-12-11-17-9-7-13-26-17/h5-10,13,15H,4,11-12,14H2,1-3H3,(H,21,25)(H,22,24)/t15-/m1/s1. The van der Waals surface area contributed by atoms with Gasteiger partial charge in [-0.05, 0) is 49.9 Å². The van der Waals surface area contributed by atoms with Gasteiger partial charge in [-0.2, -0.15) is 0 Å². The molecule has 0 fully saturated rings. The average Bonchev–Trinajstić information content (AvgIpc) is 3.14. The van der Waals surface area contributed by atoms with E-state index in [1.807, 2.05) is 42.6 Å². The number of carbonyl (C=O) groups excluding carboxylic acids is 2. The summed E-state index contributed by atoms with van der Waals surface area (Å²) in [7, 11) is 1.79. The first-order chi connectivity index (χ1) is 12.5. The van der Waals surface area contributed by atoms with Gasteiger partial charge in [0.2, 0.25) is 11.8 Å². The molecule has 2 aromatic rings. The average molecular weight is 374 g/mol. The van der Waals surface area contributed by atoms with E-state index >= 15 is 0 Å². The number of benzene rings is 1. The van der Waals surface area contributed by atoms with Crippen molar-refractivity contribution in [1.82, 2.24) is 10.2 Å². The number of carbonyl (C=O) groups is 2. The second kappa shape index (κ2) is 10.1. The minimum Gasteiger partial charge on any atom is -0.354 e. The van der Waals surface area contributed by atoms with Crippen molar-refractivity contribution in [1.29, 1.82) is 0 Å². The Morgan fingerprint density at radius 1 is 1.19 bits per heavy atom. The van der Waals surface area contributed by atoms with Crippen molar-refractivity contribution in [3.63, 3.8) is 0 Å². The van der Waals surface area contributed by atoms with Gasteiger partial charge < -0.3 is 10.6 Å². The van der Waals surface area contributed by atoms with E-state index in [1.165, 1.54) is 4.88 Å². The van der Waals surface area contributed by atoms with Gasteiger partial charge in [-0.1, -0.05) is 31.2 Å². The molecule has 2 rings (SSSR count). The molecule has 0 bridgehead atoms. The van der Waals surface area contributed by atoms with Crippen molar-refractivity contribution in [2.24, 2.45) is 0 Å². The lowest BCUT2D eigenvalue weighted by molar-refractivity contribution is -0.126. The van der Waals surface area contributed by atoms with Crippen molar-refractivity contribution in [3.05, 3.63) is 52.2 Å². The molecule has 1 atom stereocenters. The Hall–Kier alpha value is -2.18. The molecule has 0 aliphatic heterocycles. The minimum atomic E-state index is -0.370. The van der Waals surface area contributed by atoms with Gasteiger partial charge in [0.05, 0.1) is 12.6 Å². The molecule has 2 amide bonds. The summed E-state index contributed by atoms with van der Waals surface area (Å²) in [4.78, 5) is 27.6. The Bertz CT molecular complexity index is 716. The summed E-state index contributed by atoms with van der Waals surface area (Å²) in [5.74, 6) is -0.183. The first-order valence-corrected chi connectivity index (χ1v) is 9.77. The minimum absolute atomic E-state index is 0.0641. The van der Waals surface area contributed by atoms with E-state index < -0.39 is 0 Å². The zero-order valence-electron chi connectivity index (χ0n) is 15.6. The molecule has 6 heteroatoms. The van der Waals surface area contributed by atoms with Gasteiger partial charge in [-0.15, -0.1) is 11.3 Å². The van der Waals surface area contributed by atoms with Gasteiger partial charge >= 0.3 is 0 Å². The maximum absolute atomic E-state index is 12.3. The molecule has 0 aliphatic carbocycles. The molecule has 0 saturated carbocycles. The summed E-state index contributed by atoms with van der Waals surface area (Å²) >= 11 is 1.69. The lowest BCUT2D eigenvalue weighted by Crippen LogP contribution is -2.46. The van der Waals surface area contributed by atoms with Gasteiger partial charge in [-0.3, -0.25) is 14.5 Å². The lowest BCUT2D eigenvalue weighted by Gasteiger charge is -2.23. The smallest absolute Gasteiger partial charge is 0.238 e. The number of likely N-dealkylation sites (N-methyl/N-ethyl adjacent to an activating group) is 1. The molecule has 1 heterocycles. The van der Waals surface area contributed by atoms with E-state index in [1.54, 1.807) is 23.3 Å². The predicted octanol–water partition coefficient (Wildman–Crippen LogP) is 2.93. The molecule has 0 radical (unpaired) electrons. The third kappa shape index (κ3) is 5.97. The summed E-state index contributed by atoms with van der Waals surface area (Å²) in [6.07, 6.45) is 1.68. The fraction of sp³-hybridized carbons (Fsp3) is 0.400. The number of thiophene rings is 1. The molecule has 1 aromatic heterocycles. The third-order valence-electron chi connectivity index (χ3n) is 4.36. The summed E-state index contributed by atoms with van der Waals surface area (Å²) in [5.41, 5.74) is 1.93. The van der Waals surface area contributed by atoms with Gasteiger partial charge in [0, 0.05) is 17.1 Å². The zero-order chi connectivity index (χ0) is 18.9. The molecule has 0 unspecified atom stereocenters. The third-order valence-corrected chi connectivity index (χ3v) is 5.29. The number of hydrogen-bond donors (Lipinski definition) is 2. The molecule has 5 nitrogen and oxygen atoms in total. The second-order valence-electron chi connectivity index (χ2n) is 6.27. The van der Waals surface area contributed by atoms with Crippen LogP contribution in [0.3, 0.4) is 0 Å². The highest BCUT2D eigenvalue weighted by atomic mass is 32.1. The Morgan fingerprint density at radius 2 is 1.96 bits per heavy atom. The van der Waals surface area contributed by atoms with E-state index in [0.717, 1.165) is 24.1 Å². The fourth-order valence-electron chi connectivity index (χ4n) is 2.62. The molecule has 0 spiro atoms. The van der Waals surface area contributed by atoms with Crippen molar-refractivity contribution in [2.45, 2.75) is 32.7 Å². The number of para-hydroxylation sites is 1. The van der Waals surface area contributed by atoms with Gasteiger partial charge in [0.1, 0.15) is 0 Å². The first-order valence-electron chi connectivity index (χ1n) is 8.89. The quantitative estimate of drug-likeness (QED) is 0.710. The fourth-order valence-corrected chi connectivity index (χ4v) is 3.32. The van der Waals surface area contributed by atoms with Crippen LogP contribution < -0.4 is 10.6 Å². The highest BCUT2D eigenvalue weighted by Crippen LogP contribution is 2.15. The van der Waals surface area contributed by atoms with Crippen molar-refractivity contribution < 1.29 is 9.59 Å². The van der Waals surface area contributed by atoms with Crippen LogP contribution in [0.1, 0.15) is 24.3 Å². The van der Waals surface area contributed by atoms with Gasteiger partial charge in [0.15, 0.2) is 0 Å². The topological polar surface area (TPSA) is 61.4 Å². The Balaban J connectivity index is 1.78. The maximum Gasteiger partial charge on any atom is 0.238 e. The normalized spacial score (nSPS) is 12.0. The Morgan fingerprint density at radius 3 is 2.65 bits per heavy atom. The highest BCUT2D eigenvalue weighted by molar-refractivity contribution is 7.09. The van der Waals surface area contributed by atoms with Gasteiger partial charge in [-0.25, -0.2) is 0 Å². The zero-order valence-corrected chi connectivity index (χ0v) is 16.4. The number of anilines is 1. The Kier molecular flexibility index (Phi) is 7.81. The van der Waals surface area contributed by atoms with Crippen LogP contribution in [0, 0.1) is 0 Å². The van der Waals surface area contributed by atoms with Crippen LogP contribution >= 0.6 is 11.3 Å². The molecular formula is C20H27N3O2S. The summed E-state index contributed by atoms with van der Waals surface area (Å²) in [6.45, 7) is 4.64. The molecular weight excluding hydrogens is 346 g/mol.